The first-order valence-electron chi connectivity index (χ1n) is 8.79. The molecule has 0 fully saturated rings. The molecule has 2 aromatic heterocycles. The highest BCUT2D eigenvalue weighted by Crippen LogP contribution is 2.27. The lowest BCUT2D eigenvalue weighted by Gasteiger charge is -2.18. The van der Waals surface area contributed by atoms with E-state index in [0.717, 1.165) is 38.5 Å². The lowest BCUT2D eigenvalue weighted by molar-refractivity contribution is -0.825. The summed E-state index contributed by atoms with van der Waals surface area (Å²) in [4.78, 5) is 16.9. The van der Waals surface area contributed by atoms with Gasteiger partial charge in [-0.05, 0) is 24.4 Å². The summed E-state index contributed by atoms with van der Waals surface area (Å²) in [5.74, 6) is 0. The van der Waals surface area contributed by atoms with Crippen LogP contribution in [0.1, 0.15) is 18.7 Å². The quantitative estimate of drug-likeness (QED) is 0.385. The van der Waals surface area contributed by atoms with Crippen LogP contribution in [0.5, 0.6) is 0 Å². The number of hydrogen-bond acceptors (Lipinski definition) is 4. The van der Waals surface area contributed by atoms with Crippen LogP contribution >= 0.6 is 0 Å². The van der Waals surface area contributed by atoms with E-state index in [-0.39, 0.29) is 11.6 Å². The van der Waals surface area contributed by atoms with E-state index >= 15 is 0 Å². The molecule has 1 unspecified atom stereocenters. The van der Waals surface area contributed by atoms with Crippen LogP contribution < -0.4 is 16.4 Å². The monoisotopic (exact) mass is 361 g/mol. The number of nitrogens with two attached hydrogens (primary N) is 1. The molecule has 0 aliphatic heterocycles. The standard InChI is InChI=1S/C21H20N4O2/c1-13(18-9-14-5-3-4-6-15(14)12-22-18)23-19-11-21(26)25(2)20-8-7-16(24-27)10-17(19)20/h3-13,23-24,27H,1-2H3/p+1. The van der Waals surface area contributed by atoms with Crippen LogP contribution in [0.4, 0.5) is 11.4 Å². The molecule has 6 heteroatoms. The molecule has 27 heavy (non-hydrogen) atoms. The number of fused-ring (bicyclic) bond motifs is 2. The molecule has 0 bridgehead atoms. The van der Waals surface area contributed by atoms with Crippen molar-refractivity contribution in [2.75, 3.05) is 5.32 Å². The lowest BCUT2D eigenvalue weighted by atomic mass is 10.1. The van der Waals surface area contributed by atoms with Crippen LogP contribution in [0.3, 0.4) is 0 Å². The summed E-state index contributed by atoms with van der Waals surface area (Å²) in [5, 5.41) is 15.9. The first kappa shape index (κ1) is 17.2. The summed E-state index contributed by atoms with van der Waals surface area (Å²) in [6.07, 6.45) is 1.86. The molecule has 0 saturated heterocycles. The highest BCUT2D eigenvalue weighted by atomic mass is 16.5. The van der Waals surface area contributed by atoms with Crippen molar-refractivity contribution < 1.29 is 10.7 Å². The zero-order chi connectivity index (χ0) is 19.0. The Morgan fingerprint density at radius 2 is 1.89 bits per heavy atom. The van der Waals surface area contributed by atoms with Gasteiger partial charge in [0.05, 0.1) is 17.3 Å². The molecule has 136 valence electrons. The number of benzene rings is 2. The summed E-state index contributed by atoms with van der Waals surface area (Å²) < 4.78 is 1.60. The maximum absolute atomic E-state index is 12.4. The number of nitrogens with zero attached hydrogens (tertiary/aromatic N) is 2. The number of quaternary nitrogens is 1. The van der Waals surface area contributed by atoms with Crippen molar-refractivity contribution in [1.29, 1.82) is 0 Å². The van der Waals surface area contributed by atoms with Crippen LogP contribution in [0.25, 0.3) is 21.7 Å². The van der Waals surface area contributed by atoms with Crippen LogP contribution in [-0.4, -0.2) is 14.8 Å². The van der Waals surface area contributed by atoms with Gasteiger partial charge in [0.15, 0.2) is 5.69 Å². The highest BCUT2D eigenvalue weighted by molar-refractivity contribution is 5.93. The van der Waals surface area contributed by atoms with E-state index < -0.39 is 0 Å². The molecule has 0 aliphatic rings. The summed E-state index contributed by atoms with van der Waals surface area (Å²) in [5.41, 5.74) is 4.06. The Morgan fingerprint density at radius 1 is 1.11 bits per heavy atom. The Kier molecular flexibility index (Phi) is 4.35. The first-order valence-corrected chi connectivity index (χ1v) is 8.79. The molecular weight excluding hydrogens is 340 g/mol. The Morgan fingerprint density at radius 3 is 2.67 bits per heavy atom. The molecule has 1 atom stereocenters. The number of pyridine rings is 2. The van der Waals surface area contributed by atoms with Crippen molar-refractivity contribution >= 4 is 33.1 Å². The smallest absolute Gasteiger partial charge is 0.252 e. The molecule has 0 saturated carbocycles. The zero-order valence-electron chi connectivity index (χ0n) is 15.2. The molecule has 4 rings (SSSR count). The summed E-state index contributed by atoms with van der Waals surface area (Å²) >= 11 is 0. The van der Waals surface area contributed by atoms with E-state index in [1.54, 1.807) is 23.7 Å². The fraction of sp³-hybridized carbons (Fsp3) is 0.143. The van der Waals surface area contributed by atoms with Gasteiger partial charge < -0.3 is 9.88 Å². The number of nitrogens with one attached hydrogen (secondary N) is 1. The van der Waals surface area contributed by atoms with Crippen molar-refractivity contribution in [2.45, 2.75) is 13.0 Å². The molecule has 2 heterocycles. The maximum atomic E-state index is 12.4. The van der Waals surface area contributed by atoms with Gasteiger partial charge in [0.1, 0.15) is 0 Å². The minimum absolute atomic E-state index is 0.0910. The van der Waals surface area contributed by atoms with E-state index in [1.165, 1.54) is 0 Å². The second-order valence-electron chi connectivity index (χ2n) is 6.68. The van der Waals surface area contributed by atoms with Crippen LogP contribution in [0, 0.1) is 0 Å². The van der Waals surface area contributed by atoms with Gasteiger partial charge in [-0.25, -0.2) is 5.21 Å². The molecular formula is C21H21N4O2+. The number of rotatable bonds is 4. The Labute approximate surface area is 156 Å². The fourth-order valence-electron chi connectivity index (χ4n) is 3.32. The SMILES string of the molecule is CC(Nc1cc(=O)n(C)c2ccc([NH2+]O)cc12)c1cc2ccccc2cn1. The second kappa shape index (κ2) is 6.83. The number of hydrogen-bond donors (Lipinski definition) is 3. The average molecular weight is 361 g/mol. The molecule has 2 aromatic carbocycles. The minimum Gasteiger partial charge on any atom is -0.376 e. The lowest BCUT2D eigenvalue weighted by Crippen LogP contribution is -2.73. The topological polar surface area (TPSA) is 83.8 Å². The summed E-state index contributed by atoms with van der Waals surface area (Å²) in [7, 11) is 1.74. The largest absolute Gasteiger partial charge is 0.376 e. The predicted octanol–water partition coefficient (Wildman–Crippen LogP) is 2.84. The summed E-state index contributed by atoms with van der Waals surface area (Å²) in [6, 6.07) is 17.1. The molecule has 0 aliphatic carbocycles. The van der Waals surface area contributed by atoms with Gasteiger partial charge in [0, 0.05) is 47.9 Å². The van der Waals surface area contributed by atoms with Gasteiger partial charge in [-0.2, -0.15) is 5.48 Å². The average Bonchev–Trinajstić information content (AvgIpc) is 2.71. The van der Waals surface area contributed by atoms with E-state index in [2.05, 4.69) is 22.4 Å². The predicted molar refractivity (Wildman–Crippen MR) is 106 cm³/mol. The van der Waals surface area contributed by atoms with Crippen LogP contribution in [0.15, 0.2) is 65.6 Å². The number of anilines is 1. The second-order valence-corrected chi connectivity index (χ2v) is 6.68. The van der Waals surface area contributed by atoms with Gasteiger partial charge in [-0.1, -0.05) is 24.3 Å². The molecule has 0 radical (unpaired) electrons. The van der Waals surface area contributed by atoms with Crippen LogP contribution in [0.2, 0.25) is 0 Å². The maximum Gasteiger partial charge on any atom is 0.252 e. The molecule has 6 nitrogen and oxygen atoms in total. The Hall–Kier alpha value is -3.22. The van der Waals surface area contributed by atoms with E-state index in [1.807, 2.05) is 43.5 Å². The van der Waals surface area contributed by atoms with Crippen molar-refractivity contribution in [2.24, 2.45) is 7.05 Å². The first-order chi connectivity index (χ1) is 13.1. The van der Waals surface area contributed by atoms with Crippen molar-refractivity contribution in [1.82, 2.24) is 9.55 Å². The Balaban J connectivity index is 1.77. The third kappa shape index (κ3) is 3.16. The molecule has 4 aromatic rings. The molecule has 0 amide bonds. The van der Waals surface area contributed by atoms with E-state index in [0.29, 0.717) is 5.69 Å². The molecule has 0 spiro atoms. The van der Waals surface area contributed by atoms with Crippen molar-refractivity contribution in [3.05, 3.63) is 76.8 Å². The van der Waals surface area contributed by atoms with Gasteiger partial charge in [-0.15, -0.1) is 0 Å². The number of aryl methyl sites for hydroxylation is 1. The van der Waals surface area contributed by atoms with Crippen molar-refractivity contribution in [3.8, 4) is 0 Å². The van der Waals surface area contributed by atoms with E-state index in [4.69, 9.17) is 0 Å². The zero-order valence-corrected chi connectivity index (χ0v) is 15.2. The fourth-order valence-corrected chi connectivity index (χ4v) is 3.32. The van der Waals surface area contributed by atoms with Crippen LogP contribution in [-0.2, 0) is 7.05 Å². The Bertz CT molecular complexity index is 1200. The van der Waals surface area contributed by atoms with E-state index in [9.17, 15) is 10.0 Å². The molecule has 4 N–H and O–H groups in total. The number of aromatic nitrogens is 2. The minimum atomic E-state index is -0.0931. The third-order valence-electron chi connectivity index (χ3n) is 4.89. The van der Waals surface area contributed by atoms with Gasteiger partial charge in [-0.3, -0.25) is 9.78 Å². The van der Waals surface area contributed by atoms with Crippen molar-refractivity contribution in [3.63, 3.8) is 0 Å². The summed E-state index contributed by atoms with van der Waals surface area (Å²) in [6.45, 7) is 2.02. The van der Waals surface area contributed by atoms with Gasteiger partial charge >= 0.3 is 0 Å². The normalized spacial score (nSPS) is 12.4. The van der Waals surface area contributed by atoms with Gasteiger partial charge in [0.2, 0.25) is 0 Å². The third-order valence-corrected chi connectivity index (χ3v) is 4.89. The van der Waals surface area contributed by atoms with Gasteiger partial charge in [0.25, 0.3) is 5.56 Å². The highest BCUT2D eigenvalue weighted by Gasteiger charge is 2.13.